The summed E-state index contributed by atoms with van der Waals surface area (Å²) in [5.41, 5.74) is 0.840. The third-order valence-electron chi connectivity index (χ3n) is 2.37. The molecule has 0 aromatic heterocycles. The van der Waals surface area contributed by atoms with Crippen LogP contribution in [0, 0.1) is 0 Å². The number of hydrogen-bond acceptors (Lipinski definition) is 5. The predicted molar refractivity (Wildman–Crippen MR) is 73.2 cm³/mol. The van der Waals surface area contributed by atoms with Crippen molar-refractivity contribution in [1.29, 1.82) is 0 Å². The highest BCUT2D eigenvalue weighted by Gasteiger charge is 2.25. The third kappa shape index (κ3) is 2.89. The van der Waals surface area contributed by atoms with E-state index in [1.165, 1.54) is 11.8 Å². The number of amidine groups is 1. The molecule has 1 aromatic rings. The molecule has 1 heterocycles. The number of methoxy groups -OCH3 is 1. The Morgan fingerprint density at radius 2 is 2.22 bits per heavy atom. The van der Waals surface area contributed by atoms with Gasteiger partial charge in [0.25, 0.3) is 0 Å². The number of para-hydroxylation sites is 1. The Morgan fingerprint density at radius 1 is 1.44 bits per heavy atom. The van der Waals surface area contributed by atoms with Crippen molar-refractivity contribution in [3.05, 3.63) is 29.8 Å². The first kappa shape index (κ1) is 12.6. The summed E-state index contributed by atoms with van der Waals surface area (Å²) < 4.78 is 5.19. The van der Waals surface area contributed by atoms with Gasteiger partial charge in [-0.3, -0.25) is 4.79 Å². The number of thioether (sulfide) groups is 1. The summed E-state index contributed by atoms with van der Waals surface area (Å²) in [6.07, 6.45) is 1.60. The molecule has 1 amide bonds. The lowest BCUT2D eigenvalue weighted by molar-refractivity contribution is -0.118. The molecule has 0 aliphatic carbocycles. The number of amides is 1. The molecule has 6 heteroatoms. The number of rotatable bonds is 3. The average Bonchev–Trinajstić information content (AvgIpc) is 2.69. The number of nitrogens with one attached hydrogen (secondary N) is 1. The van der Waals surface area contributed by atoms with E-state index in [1.807, 2.05) is 31.2 Å². The summed E-state index contributed by atoms with van der Waals surface area (Å²) in [5.74, 6) is 0.698. The molecule has 1 atom stereocenters. The standard InChI is InChI=1S/C12H13N3O2S/c1-8-11(16)14-12(18-8)15-13-7-9-5-3-4-6-10(9)17-2/h3-8H,1-2H3,(H,14,15,16)/b13-7+. The van der Waals surface area contributed by atoms with E-state index in [4.69, 9.17) is 4.74 Å². The second-order valence-electron chi connectivity index (χ2n) is 3.64. The molecule has 1 unspecified atom stereocenters. The van der Waals surface area contributed by atoms with Gasteiger partial charge in [0.05, 0.1) is 18.6 Å². The molecule has 0 bridgehead atoms. The first-order valence-corrected chi connectivity index (χ1v) is 6.30. The molecule has 2 rings (SSSR count). The molecule has 1 aromatic carbocycles. The molecule has 1 N–H and O–H groups in total. The smallest absolute Gasteiger partial charge is 0.239 e. The van der Waals surface area contributed by atoms with Crippen LogP contribution in [0.2, 0.25) is 0 Å². The zero-order valence-corrected chi connectivity index (χ0v) is 10.9. The lowest BCUT2D eigenvalue weighted by Gasteiger charge is -2.01. The van der Waals surface area contributed by atoms with Crippen molar-refractivity contribution in [2.75, 3.05) is 7.11 Å². The Balaban J connectivity index is 2.08. The van der Waals surface area contributed by atoms with Crippen molar-refractivity contribution in [2.45, 2.75) is 12.2 Å². The average molecular weight is 263 g/mol. The summed E-state index contributed by atoms with van der Waals surface area (Å²) in [5, 5.41) is 11.0. The largest absolute Gasteiger partial charge is 0.496 e. The summed E-state index contributed by atoms with van der Waals surface area (Å²) >= 11 is 1.36. The van der Waals surface area contributed by atoms with Gasteiger partial charge in [-0.05, 0) is 19.1 Å². The van der Waals surface area contributed by atoms with Crippen molar-refractivity contribution >= 4 is 29.1 Å². The lowest BCUT2D eigenvalue weighted by Crippen LogP contribution is -2.23. The molecule has 1 fully saturated rings. The maximum absolute atomic E-state index is 11.2. The molecule has 0 radical (unpaired) electrons. The molecule has 5 nitrogen and oxygen atoms in total. The van der Waals surface area contributed by atoms with Crippen molar-refractivity contribution in [3.8, 4) is 5.75 Å². The van der Waals surface area contributed by atoms with Crippen molar-refractivity contribution in [1.82, 2.24) is 5.32 Å². The van der Waals surface area contributed by atoms with Crippen LogP contribution in [0.5, 0.6) is 5.75 Å². The summed E-state index contributed by atoms with van der Waals surface area (Å²) in [4.78, 5) is 11.2. The number of carbonyl (C=O) groups excluding carboxylic acids is 1. The Labute approximate surface area is 109 Å². The Bertz CT molecular complexity index is 514. The van der Waals surface area contributed by atoms with Gasteiger partial charge in [0, 0.05) is 5.56 Å². The van der Waals surface area contributed by atoms with Gasteiger partial charge in [0.2, 0.25) is 5.91 Å². The van der Waals surface area contributed by atoms with E-state index >= 15 is 0 Å². The molecule has 1 saturated heterocycles. The minimum atomic E-state index is -0.106. The minimum Gasteiger partial charge on any atom is -0.496 e. The third-order valence-corrected chi connectivity index (χ3v) is 3.35. The zero-order chi connectivity index (χ0) is 13.0. The van der Waals surface area contributed by atoms with E-state index in [2.05, 4.69) is 15.5 Å². The fraction of sp³-hybridized carbons (Fsp3) is 0.250. The maximum atomic E-state index is 11.2. The van der Waals surface area contributed by atoms with Gasteiger partial charge < -0.3 is 10.1 Å². The van der Waals surface area contributed by atoms with Crippen LogP contribution in [-0.2, 0) is 4.79 Å². The fourth-order valence-corrected chi connectivity index (χ4v) is 2.18. The van der Waals surface area contributed by atoms with E-state index < -0.39 is 0 Å². The fourth-order valence-electron chi connectivity index (χ4n) is 1.42. The van der Waals surface area contributed by atoms with Crippen molar-refractivity contribution in [3.63, 3.8) is 0 Å². The highest BCUT2D eigenvalue weighted by molar-refractivity contribution is 8.15. The molecule has 0 spiro atoms. The normalized spacial score (nSPS) is 21.6. The zero-order valence-electron chi connectivity index (χ0n) is 10.1. The van der Waals surface area contributed by atoms with Crippen LogP contribution in [0.15, 0.2) is 34.5 Å². The van der Waals surface area contributed by atoms with Crippen molar-refractivity contribution < 1.29 is 9.53 Å². The lowest BCUT2D eigenvalue weighted by atomic mass is 10.2. The number of ether oxygens (including phenoxy) is 1. The SMILES string of the molecule is COc1ccccc1/C=N/N=C1/NC(=O)C(C)S1. The van der Waals surface area contributed by atoms with Crippen LogP contribution in [0.25, 0.3) is 0 Å². The minimum absolute atomic E-state index is 0.0359. The quantitative estimate of drug-likeness (QED) is 0.666. The Morgan fingerprint density at radius 3 is 2.89 bits per heavy atom. The van der Waals surface area contributed by atoms with E-state index in [0.717, 1.165) is 11.3 Å². The second kappa shape index (κ2) is 5.68. The van der Waals surface area contributed by atoms with Gasteiger partial charge in [0.15, 0.2) is 5.17 Å². The van der Waals surface area contributed by atoms with Crippen LogP contribution in [0.4, 0.5) is 0 Å². The van der Waals surface area contributed by atoms with Crippen LogP contribution in [0.1, 0.15) is 12.5 Å². The van der Waals surface area contributed by atoms with E-state index in [0.29, 0.717) is 5.17 Å². The van der Waals surface area contributed by atoms with Gasteiger partial charge in [0.1, 0.15) is 5.75 Å². The second-order valence-corrected chi connectivity index (χ2v) is 4.97. The number of nitrogens with zero attached hydrogens (tertiary/aromatic N) is 2. The number of hydrogen-bond donors (Lipinski definition) is 1. The van der Waals surface area contributed by atoms with Gasteiger partial charge >= 0.3 is 0 Å². The van der Waals surface area contributed by atoms with Gasteiger partial charge in [-0.25, -0.2) is 0 Å². The highest BCUT2D eigenvalue weighted by atomic mass is 32.2. The predicted octanol–water partition coefficient (Wildman–Crippen LogP) is 1.64. The summed E-state index contributed by atoms with van der Waals surface area (Å²) in [6, 6.07) is 7.51. The Kier molecular flexibility index (Phi) is 3.99. The van der Waals surface area contributed by atoms with E-state index in [-0.39, 0.29) is 11.2 Å². The molecular weight excluding hydrogens is 250 g/mol. The number of benzene rings is 1. The van der Waals surface area contributed by atoms with Crippen LogP contribution >= 0.6 is 11.8 Å². The van der Waals surface area contributed by atoms with Crippen LogP contribution in [-0.4, -0.2) is 29.6 Å². The van der Waals surface area contributed by atoms with Gasteiger partial charge in [-0.1, -0.05) is 23.9 Å². The highest BCUT2D eigenvalue weighted by Crippen LogP contribution is 2.18. The van der Waals surface area contributed by atoms with Crippen molar-refractivity contribution in [2.24, 2.45) is 10.2 Å². The maximum Gasteiger partial charge on any atom is 0.239 e. The molecule has 18 heavy (non-hydrogen) atoms. The molecule has 1 aliphatic rings. The topological polar surface area (TPSA) is 63.1 Å². The van der Waals surface area contributed by atoms with Gasteiger partial charge in [-0.15, -0.1) is 5.10 Å². The van der Waals surface area contributed by atoms with E-state index in [1.54, 1.807) is 13.3 Å². The van der Waals surface area contributed by atoms with Gasteiger partial charge in [-0.2, -0.15) is 5.10 Å². The molecule has 0 saturated carbocycles. The van der Waals surface area contributed by atoms with E-state index in [9.17, 15) is 4.79 Å². The summed E-state index contributed by atoms with van der Waals surface area (Å²) in [7, 11) is 1.60. The first-order valence-electron chi connectivity index (χ1n) is 5.42. The molecular formula is C12H13N3O2S. The Hall–Kier alpha value is -1.82. The summed E-state index contributed by atoms with van der Waals surface area (Å²) in [6.45, 7) is 1.83. The number of carbonyl (C=O) groups is 1. The monoisotopic (exact) mass is 263 g/mol. The van der Waals surface area contributed by atoms with Crippen LogP contribution in [0.3, 0.4) is 0 Å². The molecule has 94 valence electrons. The van der Waals surface area contributed by atoms with Crippen LogP contribution < -0.4 is 10.1 Å². The molecule has 1 aliphatic heterocycles. The first-order chi connectivity index (χ1) is 8.70.